The third kappa shape index (κ3) is 4.29. The summed E-state index contributed by atoms with van der Waals surface area (Å²) in [6, 6.07) is 15.1. The zero-order valence-corrected chi connectivity index (χ0v) is 14.7. The van der Waals surface area contributed by atoms with E-state index in [1.54, 1.807) is 61.7 Å². The summed E-state index contributed by atoms with van der Waals surface area (Å²) in [5.74, 6) is -0.707. The van der Waals surface area contributed by atoms with Crippen LogP contribution in [-0.4, -0.2) is 31.2 Å². The molecule has 1 atom stereocenters. The number of hydrogen-bond acceptors (Lipinski definition) is 5. The van der Waals surface area contributed by atoms with Gasteiger partial charge in [-0.3, -0.25) is 4.79 Å². The first-order valence-electron chi connectivity index (χ1n) is 7.90. The van der Waals surface area contributed by atoms with Gasteiger partial charge in [0, 0.05) is 17.7 Å². The summed E-state index contributed by atoms with van der Waals surface area (Å²) in [6.07, 6.45) is -0.300. The first kappa shape index (κ1) is 19.2. The van der Waals surface area contributed by atoms with E-state index in [1.807, 2.05) is 0 Å². The molecule has 6 heteroatoms. The van der Waals surface area contributed by atoms with Gasteiger partial charge in [0.1, 0.15) is 5.75 Å². The Morgan fingerprint density at radius 2 is 1.69 bits per heavy atom. The molecule has 0 fully saturated rings. The highest BCUT2D eigenvalue weighted by Crippen LogP contribution is 2.30. The predicted octanol–water partition coefficient (Wildman–Crippen LogP) is 2.64. The smallest absolute Gasteiger partial charge is 0.342 e. The van der Waals surface area contributed by atoms with Crippen molar-refractivity contribution in [3.05, 3.63) is 72.3 Å². The lowest BCUT2D eigenvalue weighted by Gasteiger charge is -2.26. The summed E-state index contributed by atoms with van der Waals surface area (Å²) in [6.45, 7) is 3.71. The maximum atomic E-state index is 12.4. The number of carbonyl (C=O) groups is 2. The number of amides is 1. The van der Waals surface area contributed by atoms with Crippen LogP contribution in [0.1, 0.15) is 12.0 Å². The van der Waals surface area contributed by atoms with Gasteiger partial charge in [-0.25, -0.2) is 4.79 Å². The average molecular weight is 355 g/mol. The van der Waals surface area contributed by atoms with Crippen molar-refractivity contribution >= 4 is 17.6 Å². The van der Waals surface area contributed by atoms with Gasteiger partial charge in [-0.1, -0.05) is 36.9 Å². The Morgan fingerprint density at radius 1 is 1.08 bits per heavy atom. The molecule has 0 aromatic heterocycles. The molecular formula is C20H21NO5. The molecule has 26 heavy (non-hydrogen) atoms. The quantitative estimate of drug-likeness (QED) is 0.589. The zero-order chi connectivity index (χ0) is 19.2. The minimum atomic E-state index is -2.00. The fourth-order valence-electron chi connectivity index (χ4n) is 2.46. The number of ether oxygens (including phenoxy) is 2. The number of anilines is 1. The maximum absolute atomic E-state index is 12.4. The van der Waals surface area contributed by atoms with Crippen LogP contribution in [0.25, 0.3) is 0 Å². The van der Waals surface area contributed by atoms with Crippen LogP contribution in [0.15, 0.2) is 66.7 Å². The Kier molecular flexibility index (Phi) is 6.14. The summed E-state index contributed by atoms with van der Waals surface area (Å²) in [7, 11) is 2.73. The number of rotatable bonds is 7. The fourth-order valence-corrected chi connectivity index (χ4v) is 2.46. The Morgan fingerprint density at radius 3 is 2.23 bits per heavy atom. The third-order valence-corrected chi connectivity index (χ3v) is 3.91. The summed E-state index contributed by atoms with van der Waals surface area (Å²) in [5.41, 5.74) is -1.09. The third-order valence-electron chi connectivity index (χ3n) is 3.91. The van der Waals surface area contributed by atoms with Crippen molar-refractivity contribution in [1.82, 2.24) is 0 Å². The lowest BCUT2D eigenvalue weighted by atomic mass is 9.87. The molecule has 2 aromatic rings. The first-order valence-corrected chi connectivity index (χ1v) is 7.90. The van der Waals surface area contributed by atoms with E-state index in [2.05, 4.69) is 11.9 Å². The number of nitrogens with one attached hydrogen (secondary N) is 1. The molecule has 0 saturated heterocycles. The van der Waals surface area contributed by atoms with E-state index >= 15 is 0 Å². The molecule has 0 unspecified atom stereocenters. The van der Waals surface area contributed by atoms with E-state index in [0.717, 1.165) is 0 Å². The van der Waals surface area contributed by atoms with E-state index in [1.165, 1.54) is 7.11 Å². The molecule has 0 spiro atoms. The normalized spacial score (nSPS) is 12.6. The standard InChI is InChI=1S/C20H21NO5/c1-14(18(22)21-16-9-11-17(25-2)12-10-16)13-20(24,19(23)26-3)15-7-5-4-6-8-15/h4-12,24H,1,13H2,2-3H3,(H,21,22)/t20-/m0/s1. The molecule has 0 aliphatic heterocycles. The van der Waals surface area contributed by atoms with Crippen molar-refractivity contribution in [2.45, 2.75) is 12.0 Å². The van der Waals surface area contributed by atoms with Gasteiger partial charge in [-0.2, -0.15) is 0 Å². The number of aliphatic hydroxyl groups is 1. The van der Waals surface area contributed by atoms with E-state index in [9.17, 15) is 14.7 Å². The molecule has 0 aliphatic rings. The van der Waals surface area contributed by atoms with Crippen molar-refractivity contribution < 1.29 is 24.2 Å². The van der Waals surface area contributed by atoms with Crippen LogP contribution >= 0.6 is 0 Å². The summed E-state index contributed by atoms with van der Waals surface area (Å²) < 4.78 is 9.78. The van der Waals surface area contributed by atoms with Gasteiger partial charge in [-0.15, -0.1) is 0 Å². The second-order valence-corrected chi connectivity index (χ2v) is 5.68. The second kappa shape index (κ2) is 8.31. The van der Waals surface area contributed by atoms with Crippen LogP contribution in [0.5, 0.6) is 5.75 Å². The van der Waals surface area contributed by atoms with Crippen molar-refractivity contribution in [2.75, 3.05) is 19.5 Å². The summed E-state index contributed by atoms with van der Waals surface area (Å²) in [5, 5.41) is 13.5. The molecule has 0 heterocycles. The average Bonchev–Trinajstić information content (AvgIpc) is 2.68. The summed E-state index contributed by atoms with van der Waals surface area (Å²) >= 11 is 0. The highest BCUT2D eigenvalue weighted by molar-refractivity contribution is 6.04. The van der Waals surface area contributed by atoms with Gasteiger partial charge in [-0.05, 0) is 29.8 Å². The number of carbonyl (C=O) groups excluding carboxylic acids is 2. The lowest BCUT2D eigenvalue weighted by molar-refractivity contribution is -0.163. The molecule has 2 aromatic carbocycles. The molecule has 6 nitrogen and oxygen atoms in total. The van der Waals surface area contributed by atoms with E-state index in [4.69, 9.17) is 9.47 Å². The fraction of sp³-hybridized carbons (Fsp3) is 0.200. The van der Waals surface area contributed by atoms with Crippen LogP contribution in [-0.2, 0) is 19.9 Å². The van der Waals surface area contributed by atoms with Gasteiger partial charge >= 0.3 is 5.97 Å². The topological polar surface area (TPSA) is 84.9 Å². The second-order valence-electron chi connectivity index (χ2n) is 5.68. The largest absolute Gasteiger partial charge is 0.497 e. The van der Waals surface area contributed by atoms with Crippen LogP contribution in [0.4, 0.5) is 5.69 Å². The zero-order valence-electron chi connectivity index (χ0n) is 14.7. The van der Waals surface area contributed by atoms with Crippen molar-refractivity contribution in [3.8, 4) is 5.75 Å². The predicted molar refractivity (Wildman–Crippen MR) is 97.7 cm³/mol. The number of benzene rings is 2. The molecule has 0 bridgehead atoms. The molecule has 0 radical (unpaired) electrons. The van der Waals surface area contributed by atoms with Gasteiger partial charge < -0.3 is 19.9 Å². The van der Waals surface area contributed by atoms with Gasteiger partial charge in [0.2, 0.25) is 0 Å². The number of esters is 1. The Hall–Kier alpha value is -3.12. The van der Waals surface area contributed by atoms with Crippen LogP contribution in [0.2, 0.25) is 0 Å². The molecule has 1 amide bonds. The Balaban J connectivity index is 2.15. The van der Waals surface area contributed by atoms with Crippen molar-refractivity contribution in [3.63, 3.8) is 0 Å². The SMILES string of the molecule is C=C(C[C@@](O)(C(=O)OC)c1ccccc1)C(=O)Nc1ccc(OC)cc1. The summed E-state index contributed by atoms with van der Waals surface area (Å²) in [4.78, 5) is 24.5. The van der Waals surface area contributed by atoms with E-state index in [0.29, 0.717) is 17.0 Å². The Labute approximate surface area is 152 Å². The Bertz CT molecular complexity index is 786. The highest BCUT2D eigenvalue weighted by Gasteiger charge is 2.40. The van der Waals surface area contributed by atoms with Crippen LogP contribution < -0.4 is 10.1 Å². The number of hydrogen-bond donors (Lipinski definition) is 2. The first-order chi connectivity index (χ1) is 12.4. The maximum Gasteiger partial charge on any atom is 0.342 e. The molecule has 136 valence electrons. The number of methoxy groups -OCH3 is 2. The van der Waals surface area contributed by atoms with Crippen molar-refractivity contribution in [1.29, 1.82) is 0 Å². The van der Waals surface area contributed by atoms with Crippen LogP contribution in [0, 0.1) is 0 Å². The molecule has 0 aliphatic carbocycles. The highest BCUT2D eigenvalue weighted by atomic mass is 16.5. The van der Waals surface area contributed by atoms with E-state index in [-0.39, 0.29) is 12.0 Å². The van der Waals surface area contributed by atoms with Gasteiger partial charge in [0.05, 0.1) is 14.2 Å². The van der Waals surface area contributed by atoms with Gasteiger partial charge in [0.15, 0.2) is 5.60 Å². The minimum absolute atomic E-state index is 0.0394. The lowest BCUT2D eigenvalue weighted by Crippen LogP contribution is -2.38. The minimum Gasteiger partial charge on any atom is -0.497 e. The molecule has 2 rings (SSSR count). The van der Waals surface area contributed by atoms with Crippen LogP contribution in [0.3, 0.4) is 0 Å². The van der Waals surface area contributed by atoms with Gasteiger partial charge in [0.25, 0.3) is 5.91 Å². The van der Waals surface area contributed by atoms with Crippen molar-refractivity contribution in [2.24, 2.45) is 0 Å². The van der Waals surface area contributed by atoms with E-state index < -0.39 is 17.5 Å². The molecular weight excluding hydrogens is 334 g/mol. The molecule has 0 saturated carbocycles. The monoisotopic (exact) mass is 355 g/mol. The molecule has 2 N–H and O–H groups in total.